The van der Waals surface area contributed by atoms with Gasteiger partial charge in [-0.2, -0.15) is 8.78 Å². The van der Waals surface area contributed by atoms with Crippen molar-refractivity contribution in [3.63, 3.8) is 0 Å². The van der Waals surface area contributed by atoms with E-state index < -0.39 is 6.61 Å². The van der Waals surface area contributed by atoms with Gasteiger partial charge in [0.15, 0.2) is 5.96 Å². The topological polar surface area (TPSA) is 67.8 Å². The van der Waals surface area contributed by atoms with Crippen LogP contribution in [0.4, 0.5) is 8.78 Å². The number of halogens is 2. The molecular formula is C19H24F2N4O2. The lowest BCUT2D eigenvalue weighted by Gasteiger charge is -2.15. The molecule has 0 aliphatic carbocycles. The van der Waals surface area contributed by atoms with Crippen LogP contribution in [0, 0.1) is 0 Å². The van der Waals surface area contributed by atoms with Crippen molar-refractivity contribution < 1.29 is 18.3 Å². The molecule has 6 nitrogen and oxygen atoms in total. The van der Waals surface area contributed by atoms with E-state index in [0.717, 1.165) is 12.0 Å². The number of ether oxygens (including phenoxy) is 2. The Morgan fingerprint density at radius 2 is 1.81 bits per heavy atom. The van der Waals surface area contributed by atoms with Gasteiger partial charge in [0.25, 0.3) is 0 Å². The predicted octanol–water partition coefficient (Wildman–Crippen LogP) is 3.34. The summed E-state index contributed by atoms with van der Waals surface area (Å²) in [6.07, 6.45) is 2.58. The molecule has 0 radical (unpaired) electrons. The number of aliphatic imine (C=N–C) groups is 1. The van der Waals surface area contributed by atoms with Gasteiger partial charge < -0.3 is 20.1 Å². The Labute approximate surface area is 157 Å². The summed E-state index contributed by atoms with van der Waals surface area (Å²) in [4.78, 5) is 8.39. The highest BCUT2D eigenvalue weighted by atomic mass is 19.3. The molecule has 27 heavy (non-hydrogen) atoms. The van der Waals surface area contributed by atoms with Crippen molar-refractivity contribution in [1.29, 1.82) is 0 Å². The van der Waals surface area contributed by atoms with Gasteiger partial charge in [-0.15, -0.1) is 0 Å². The van der Waals surface area contributed by atoms with Gasteiger partial charge in [0.05, 0.1) is 6.61 Å². The lowest BCUT2D eigenvalue weighted by atomic mass is 10.2. The van der Waals surface area contributed by atoms with Crippen LogP contribution in [0.2, 0.25) is 0 Å². The number of guanidine groups is 1. The van der Waals surface area contributed by atoms with Gasteiger partial charge in [-0.05, 0) is 18.6 Å². The van der Waals surface area contributed by atoms with Crippen molar-refractivity contribution in [2.45, 2.75) is 33.0 Å². The van der Waals surface area contributed by atoms with Gasteiger partial charge in [-0.25, -0.2) is 4.98 Å². The zero-order valence-corrected chi connectivity index (χ0v) is 15.4. The minimum Gasteiger partial charge on any atom is -0.477 e. The first kappa shape index (κ1) is 20.4. The molecule has 1 aromatic carbocycles. The Morgan fingerprint density at radius 3 is 2.52 bits per heavy atom. The van der Waals surface area contributed by atoms with E-state index in [-0.39, 0.29) is 12.3 Å². The molecule has 0 saturated heterocycles. The average Bonchev–Trinajstić information content (AvgIpc) is 2.68. The summed E-state index contributed by atoms with van der Waals surface area (Å²) in [6.45, 7) is 0.507. The second-order valence-corrected chi connectivity index (χ2v) is 5.58. The molecular weight excluding hydrogens is 354 g/mol. The van der Waals surface area contributed by atoms with Crippen LogP contribution in [-0.4, -0.2) is 31.2 Å². The molecule has 2 aromatic rings. The Bertz CT molecular complexity index is 741. The largest absolute Gasteiger partial charge is 0.477 e. The molecule has 0 bridgehead atoms. The van der Waals surface area contributed by atoms with E-state index in [1.165, 1.54) is 6.07 Å². The molecule has 0 aliphatic rings. The molecule has 1 heterocycles. The quantitative estimate of drug-likeness (QED) is 0.517. The van der Waals surface area contributed by atoms with Crippen LogP contribution in [0.15, 0.2) is 47.6 Å². The highest BCUT2D eigenvalue weighted by molar-refractivity contribution is 5.79. The first-order valence-electron chi connectivity index (χ1n) is 8.68. The molecule has 0 fully saturated rings. The summed E-state index contributed by atoms with van der Waals surface area (Å²) in [7, 11) is 1.63. The number of aromatic nitrogens is 1. The molecule has 0 atom stereocenters. The normalized spacial score (nSPS) is 11.4. The number of alkyl halides is 2. The maximum atomic E-state index is 12.5. The summed E-state index contributed by atoms with van der Waals surface area (Å²) < 4.78 is 35.2. The third kappa shape index (κ3) is 6.73. The van der Waals surface area contributed by atoms with E-state index in [4.69, 9.17) is 4.74 Å². The van der Waals surface area contributed by atoms with Crippen LogP contribution < -0.4 is 20.1 Å². The van der Waals surface area contributed by atoms with Crippen LogP contribution >= 0.6 is 0 Å². The van der Waals surface area contributed by atoms with Crippen LogP contribution in [0.1, 0.15) is 24.5 Å². The van der Waals surface area contributed by atoms with Crippen molar-refractivity contribution in [3.05, 3.63) is 53.7 Å². The summed E-state index contributed by atoms with van der Waals surface area (Å²) in [5.41, 5.74) is 1.50. The third-order valence-corrected chi connectivity index (χ3v) is 3.60. The minimum absolute atomic E-state index is 0.137. The molecule has 0 saturated carbocycles. The lowest BCUT2D eigenvalue weighted by Crippen LogP contribution is -2.36. The van der Waals surface area contributed by atoms with Crippen LogP contribution in [-0.2, 0) is 13.1 Å². The fraction of sp³-hybridized carbons (Fsp3) is 0.368. The minimum atomic E-state index is -2.87. The SMILES string of the molecule is CCCOc1ncccc1CNC(=NC)NCc1ccccc1OC(F)F. The first-order chi connectivity index (χ1) is 13.1. The number of nitrogens with zero attached hydrogens (tertiary/aromatic N) is 2. The van der Waals surface area contributed by atoms with Gasteiger partial charge in [0.2, 0.25) is 5.88 Å². The average molecular weight is 378 g/mol. The highest BCUT2D eigenvalue weighted by Gasteiger charge is 2.10. The van der Waals surface area contributed by atoms with Crippen LogP contribution in [0.3, 0.4) is 0 Å². The predicted molar refractivity (Wildman–Crippen MR) is 100 cm³/mol. The molecule has 0 spiro atoms. The summed E-state index contributed by atoms with van der Waals surface area (Å²) in [5, 5.41) is 6.25. The van der Waals surface area contributed by atoms with Crippen molar-refractivity contribution in [3.8, 4) is 11.6 Å². The monoisotopic (exact) mass is 378 g/mol. The third-order valence-electron chi connectivity index (χ3n) is 3.60. The summed E-state index contributed by atoms with van der Waals surface area (Å²) in [6, 6.07) is 10.4. The Balaban J connectivity index is 1.94. The molecule has 8 heteroatoms. The zero-order valence-electron chi connectivity index (χ0n) is 15.4. The van der Waals surface area contributed by atoms with Crippen molar-refractivity contribution in [1.82, 2.24) is 15.6 Å². The van der Waals surface area contributed by atoms with Gasteiger partial charge in [-0.3, -0.25) is 4.99 Å². The molecule has 0 aliphatic heterocycles. The van der Waals surface area contributed by atoms with E-state index in [1.54, 1.807) is 31.4 Å². The molecule has 2 N–H and O–H groups in total. The second-order valence-electron chi connectivity index (χ2n) is 5.58. The summed E-state index contributed by atoms with van der Waals surface area (Å²) >= 11 is 0. The second kappa shape index (κ2) is 10.9. The highest BCUT2D eigenvalue weighted by Crippen LogP contribution is 2.20. The number of nitrogens with one attached hydrogen (secondary N) is 2. The van der Waals surface area contributed by atoms with Gasteiger partial charge in [0, 0.05) is 37.5 Å². The number of hydrogen-bond donors (Lipinski definition) is 2. The van der Waals surface area contributed by atoms with E-state index in [0.29, 0.717) is 30.6 Å². The summed E-state index contributed by atoms with van der Waals surface area (Å²) in [5.74, 6) is 1.24. The van der Waals surface area contributed by atoms with Gasteiger partial charge in [-0.1, -0.05) is 31.2 Å². The standard InChI is InChI=1S/C19H24F2N4O2/c1-3-11-26-17-15(8-6-10-23-17)13-25-19(22-2)24-12-14-7-4-5-9-16(14)27-18(20)21/h4-10,18H,3,11-13H2,1-2H3,(H2,22,24,25). The number of hydrogen-bond acceptors (Lipinski definition) is 4. The van der Waals surface area contributed by atoms with Crippen LogP contribution in [0.25, 0.3) is 0 Å². The maximum Gasteiger partial charge on any atom is 0.387 e. The Hall–Kier alpha value is -2.90. The van der Waals surface area contributed by atoms with E-state index in [1.807, 2.05) is 19.1 Å². The molecule has 1 aromatic heterocycles. The number of benzene rings is 1. The molecule has 0 amide bonds. The first-order valence-corrected chi connectivity index (χ1v) is 8.68. The number of para-hydroxylation sites is 1. The Morgan fingerprint density at radius 1 is 1.11 bits per heavy atom. The van der Waals surface area contributed by atoms with Gasteiger partial charge in [0.1, 0.15) is 5.75 Å². The molecule has 0 unspecified atom stereocenters. The van der Waals surface area contributed by atoms with Crippen molar-refractivity contribution in [2.24, 2.45) is 4.99 Å². The van der Waals surface area contributed by atoms with Crippen molar-refractivity contribution >= 4 is 5.96 Å². The lowest BCUT2D eigenvalue weighted by molar-refractivity contribution is -0.0504. The molecule has 146 valence electrons. The number of rotatable bonds is 9. The smallest absolute Gasteiger partial charge is 0.387 e. The molecule has 2 rings (SSSR count). The fourth-order valence-corrected chi connectivity index (χ4v) is 2.33. The zero-order chi connectivity index (χ0) is 19.5. The van der Waals surface area contributed by atoms with E-state index >= 15 is 0 Å². The Kier molecular flexibility index (Phi) is 8.28. The van der Waals surface area contributed by atoms with Crippen molar-refractivity contribution in [2.75, 3.05) is 13.7 Å². The van der Waals surface area contributed by atoms with E-state index in [2.05, 4.69) is 25.3 Å². The fourth-order valence-electron chi connectivity index (χ4n) is 2.33. The van der Waals surface area contributed by atoms with E-state index in [9.17, 15) is 8.78 Å². The number of pyridine rings is 1. The van der Waals surface area contributed by atoms with Gasteiger partial charge >= 0.3 is 6.61 Å². The van der Waals surface area contributed by atoms with Crippen LogP contribution in [0.5, 0.6) is 11.6 Å². The maximum absolute atomic E-state index is 12.5.